The highest BCUT2D eigenvalue weighted by Gasteiger charge is 2.10. The fourth-order valence-electron chi connectivity index (χ4n) is 1.76. The van der Waals surface area contributed by atoms with Gasteiger partial charge in [0.05, 0.1) is 7.11 Å². The molecule has 0 aliphatic rings. The summed E-state index contributed by atoms with van der Waals surface area (Å²) in [6.07, 6.45) is 0.246. The maximum absolute atomic E-state index is 12.8. The smallest absolute Gasteiger partial charge is 0.167 e. The first-order chi connectivity index (χ1) is 8.70. The highest BCUT2D eigenvalue weighted by molar-refractivity contribution is 5.97. The van der Waals surface area contributed by atoms with Crippen molar-refractivity contribution < 1.29 is 13.9 Å². The number of hydrogen-bond acceptors (Lipinski definition) is 2. The van der Waals surface area contributed by atoms with Gasteiger partial charge in [-0.05, 0) is 30.3 Å². The Labute approximate surface area is 105 Å². The molecule has 0 radical (unpaired) electrons. The molecule has 3 heteroatoms. The summed E-state index contributed by atoms with van der Waals surface area (Å²) in [4.78, 5) is 12.0. The predicted octanol–water partition coefficient (Wildman–Crippen LogP) is 3.26. The van der Waals surface area contributed by atoms with Gasteiger partial charge in [0.1, 0.15) is 11.6 Å². The number of carbonyl (C=O) groups is 1. The van der Waals surface area contributed by atoms with Crippen molar-refractivity contribution in [3.05, 3.63) is 65.5 Å². The fraction of sp³-hybridized carbons (Fsp3) is 0.133. The Morgan fingerprint density at radius 2 is 1.78 bits per heavy atom. The van der Waals surface area contributed by atoms with E-state index >= 15 is 0 Å². The van der Waals surface area contributed by atoms with Crippen LogP contribution in [0.3, 0.4) is 0 Å². The lowest BCUT2D eigenvalue weighted by atomic mass is 10.0. The molecule has 0 saturated carbocycles. The summed E-state index contributed by atoms with van der Waals surface area (Å²) in [6, 6.07) is 12.9. The van der Waals surface area contributed by atoms with E-state index in [4.69, 9.17) is 4.74 Å². The van der Waals surface area contributed by atoms with Gasteiger partial charge in [0.25, 0.3) is 0 Å². The number of para-hydroxylation sites is 1. The second kappa shape index (κ2) is 5.45. The summed E-state index contributed by atoms with van der Waals surface area (Å²) in [5.74, 6) is 0.288. The van der Waals surface area contributed by atoms with Crippen LogP contribution in [0.1, 0.15) is 15.9 Å². The van der Waals surface area contributed by atoms with Crippen LogP contribution in [0.5, 0.6) is 5.75 Å². The minimum atomic E-state index is -0.344. The van der Waals surface area contributed by atoms with Crippen molar-refractivity contribution in [2.45, 2.75) is 6.42 Å². The second-order valence-corrected chi connectivity index (χ2v) is 3.92. The van der Waals surface area contributed by atoms with Gasteiger partial charge in [-0.3, -0.25) is 4.79 Å². The Morgan fingerprint density at radius 1 is 1.11 bits per heavy atom. The van der Waals surface area contributed by atoms with Gasteiger partial charge in [-0.1, -0.05) is 18.2 Å². The molecule has 2 rings (SSSR count). The molecule has 0 fully saturated rings. The third-order valence-corrected chi connectivity index (χ3v) is 2.71. The van der Waals surface area contributed by atoms with Crippen LogP contribution in [-0.2, 0) is 6.42 Å². The van der Waals surface area contributed by atoms with E-state index < -0.39 is 0 Å². The molecular weight excluding hydrogens is 231 g/mol. The normalized spacial score (nSPS) is 10.1. The third-order valence-electron chi connectivity index (χ3n) is 2.71. The van der Waals surface area contributed by atoms with Crippen molar-refractivity contribution >= 4 is 5.78 Å². The first-order valence-corrected chi connectivity index (χ1v) is 5.61. The summed E-state index contributed by atoms with van der Waals surface area (Å²) >= 11 is 0. The molecule has 0 unspecified atom stereocenters. The molecule has 0 bridgehead atoms. The van der Waals surface area contributed by atoms with Gasteiger partial charge in [-0.2, -0.15) is 0 Å². The van der Waals surface area contributed by atoms with Gasteiger partial charge in [-0.15, -0.1) is 0 Å². The fourth-order valence-corrected chi connectivity index (χ4v) is 1.76. The van der Waals surface area contributed by atoms with E-state index in [0.717, 1.165) is 5.56 Å². The lowest BCUT2D eigenvalue weighted by Gasteiger charge is -2.07. The quantitative estimate of drug-likeness (QED) is 0.772. The van der Waals surface area contributed by atoms with Crippen LogP contribution in [0.25, 0.3) is 0 Å². The molecule has 0 aliphatic heterocycles. The van der Waals surface area contributed by atoms with E-state index in [2.05, 4.69) is 0 Å². The van der Waals surface area contributed by atoms with E-state index in [1.807, 2.05) is 24.3 Å². The van der Waals surface area contributed by atoms with Crippen LogP contribution in [-0.4, -0.2) is 12.9 Å². The second-order valence-electron chi connectivity index (χ2n) is 3.92. The molecule has 2 nitrogen and oxygen atoms in total. The predicted molar refractivity (Wildman–Crippen MR) is 67.4 cm³/mol. The van der Waals surface area contributed by atoms with E-state index in [-0.39, 0.29) is 18.0 Å². The molecule has 0 atom stereocenters. The van der Waals surface area contributed by atoms with Crippen LogP contribution >= 0.6 is 0 Å². The summed E-state index contributed by atoms with van der Waals surface area (Å²) in [5, 5.41) is 0. The summed E-state index contributed by atoms with van der Waals surface area (Å²) < 4.78 is 18.0. The summed E-state index contributed by atoms with van der Waals surface area (Å²) in [6.45, 7) is 0. The summed E-state index contributed by atoms with van der Waals surface area (Å²) in [7, 11) is 1.57. The molecule has 0 heterocycles. The Bertz CT molecular complexity index is 547. The lowest BCUT2D eigenvalue weighted by Crippen LogP contribution is -2.04. The third kappa shape index (κ3) is 2.74. The average molecular weight is 244 g/mol. The Hall–Kier alpha value is -2.16. The van der Waals surface area contributed by atoms with E-state index in [9.17, 15) is 9.18 Å². The summed E-state index contributed by atoms with van der Waals surface area (Å²) in [5.41, 5.74) is 1.33. The van der Waals surface area contributed by atoms with Gasteiger partial charge in [0.2, 0.25) is 0 Å². The average Bonchev–Trinajstić information content (AvgIpc) is 2.40. The van der Waals surface area contributed by atoms with Gasteiger partial charge < -0.3 is 4.74 Å². The number of rotatable bonds is 4. The van der Waals surface area contributed by atoms with Gasteiger partial charge in [0.15, 0.2) is 5.78 Å². The number of ketones is 1. The largest absolute Gasteiger partial charge is 0.496 e. The first-order valence-electron chi connectivity index (χ1n) is 5.61. The molecule has 18 heavy (non-hydrogen) atoms. The van der Waals surface area contributed by atoms with Crippen LogP contribution < -0.4 is 4.74 Å². The molecule has 0 aromatic heterocycles. The van der Waals surface area contributed by atoms with E-state index in [1.54, 1.807) is 7.11 Å². The zero-order valence-electron chi connectivity index (χ0n) is 10.0. The maximum atomic E-state index is 12.8. The minimum absolute atomic E-state index is 0.0560. The Morgan fingerprint density at radius 3 is 2.44 bits per heavy atom. The van der Waals surface area contributed by atoms with Crippen LogP contribution in [0.15, 0.2) is 48.5 Å². The Kier molecular flexibility index (Phi) is 3.72. The molecule has 0 aliphatic carbocycles. The van der Waals surface area contributed by atoms with E-state index in [0.29, 0.717) is 11.3 Å². The number of ether oxygens (including phenoxy) is 1. The van der Waals surface area contributed by atoms with Gasteiger partial charge in [0, 0.05) is 17.5 Å². The minimum Gasteiger partial charge on any atom is -0.496 e. The standard InChI is InChI=1S/C15H13FO2/c1-18-15-5-3-2-4-12(15)10-14(17)11-6-8-13(16)9-7-11/h2-9H,10H2,1H3. The van der Waals surface area contributed by atoms with Crippen LogP contribution in [0.2, 0.25) is 0 Å². The van der Waals surface area contributed by atoms with E-state index in [1.165, 1.54) is 24.3 Å². The molecule has 92 valence electrons. The monoisotopic (exact) mass is 244 g/mol. The zero-order valence-corrected chi connectivity index (χ0v) is 10.0. The van der Waals surface area contributed by atoms with Crippen molar-refractivity contribution in [3.63, 3.8) is 0 Å². The molecular formula is C15H13FO2. The highest BCUT2D eigenvalue weighted by atomic mass is 19.1. The number of Topliss-reactive ketones (excluding diaryl/α,β-unsaturated/α-hetero) is 1. The van der Waals surface area contributed by atoms with Crippen molar-refractivity contribution in [2.24, 2.45) is 0 Å². The Balaban J connectivity index is 2.18. The highest BCUT2D eigenvalue weighted by Crippen LogP contribution is 2.19. The lowest BCUT2D eigenvalue weighted by molar-refractivity contribution is 0.0992. The molecule has 2 aromatic rings. The SMILES string of the molecule is COc1ccccc1CC(=O)c1ccc(F)cc1. The first kappa shape index (κ1) is 12.3. The number of benzene rings is 2. The van der Waals surface area contributed by atoms with Gasteiger partial charge in [-0.25, -0.2) is 4.39 Å². The zero-order chi connectivity index (χ0) is 13.0. The van der Waals surface area contributed by atoms with Crippen molar-refractivity contribution in [1.29, 1.82) is 0 Å². The number of methoxy groups -OCH3 is 1. The molecule has 0 amide bonds. The van der Waals surface area contributed by atoms with Gasteiger partial charge >= 0.3 is 0 Å². The van der Waals surface area contributed by atoms with Crippen LogP contribution in [0, 0.1) is 5.82 Å². The topological polar surface area (TPSA) is 26.3 Å². The van der Waals surface area contributed by atoms with Crippen LogP contribution in [0.4, 0.5) is 4.39 Å². The molecule has 0 spiro atoms. The number of carbonyl (C=O) groups excluding carboxylic acids is 1. The number of hydrogen-bond donors (Lipinski definition) is 0. The molecule has 0 N–H and O–H groups in total. The number of halogens is 1. The molecule has 0 saturated heterocycles. The maximum Gasteiger partial charge on any atom is 0.167 e. The van der Waals surface area contributed by atoms with Crippen molar-refractivity contribution in [1.82, 2.24) is 0 Å². The van der Waals surface area contributed by atoms with Crippen molar-refractivity contribution in [2.75, 3.05) is 7.11 Å². The molecule has 2 aromatic carbocycles. The van der Waals surface area contributed by atoms with Crippen molar-refractivity contribution in [3.8, 4) is 5.75 Å².